The first-order valence-corrected chi connectivity index (χ1v) is 6.68. The predicted octanol–water partition coefficient (Wildman–Crippen LogP) is 2.86. The summed E-state index contributed by atoms with van der Waals surface area (Å²) in [5.41, 5.74) is 1.25. The number of nitrogens with zero attached hydrogens (tertiary/aromatic N) is 2. The van der Waals surface area contributed by atoms with Crippen molar-refractivity contribution in [3.05, 3.63) is 39.6 Å². The van der Waals surface area contributed by atoms with Gasteiger partial charge >= 0.3 is 0 Å². The molecule has 1 atom stereocenters. The van der Waals surface area contributed by atoms with Crippen molar-refractivity contribution in [2.24, 2.45) is 0 Å². The van der Waals surface area contributed by atoms with E-state index in [2.05, 4.69) is 36.4 Å². The van der Waals surface area contributed by atoms with Crippen molar-refractivity contribution in [3.8, 4) is 0 Å². The maximum absolute atomic E-state index is 10.2. The molecule has 0 bridgehead atoms. The summed E-state index contributed by atoms with van der Waals surface area (Å²) < 4.78 is 2.07. The van der Waals surface area contributed by atoms with Gasteiger partial charge in [0.15, 0.2) is 0 Å². The second-order valence-corrected chi connectivity index (χ2v) is 5.53. The van der Waals surface area contributed by atoms with Crippen LogP contribution in [0.25, 0.3) is 0 Å². The lowest BCUT2D eigenvalue weighted by atomic mass is 10.2. The average molecular weight is 250 g/mol. The van der Waals surface area contributed by atoms with E-state index in [1.54, 1.807) is 17.5 Å². The number of aromatic nitrogens is 2. The first-order valence-electron chi connectivity index (χ1n) is 5.86. The summed E-state index contributed by atoms with van der Waals surface area (Å²) in [7, 11) is 0. The first kappa shape index (κ1) is 12.3. The average Bonchev–Trinajstić information content (AvgIpc) is 2.86. The Kier molecular flexibility index (Phi) is 3.64. The third-order valence-electron chi connectivity index (χ3n) is 3.03. The van der Waals surface area contributed by atoms with Crippen molar-refractivity contribution in [1.82, 2.24) is 9.55 Å². The summed E-state index contributed by atoms with van der Waals surface area (Å²) >= 11 is 1.67. The molecule has 0 aliphatic rings. The van der Waals surface area contributed by atoms with Crippen molar-refractivity contribution < 1.29 is 5.11 Å². The van der Waals surface area contributed by atoms with E-state index in [0.717, 1.165) is 17.2 Å². The molecule has 1 N–H and O–H groups in total. The minimum absolute atomic E-state index is 0.444. The quantitative estimate of drug-likeness (QED) is 0.906. The van der Waals surface area contributed by atoms with Gasteiger partial charge in [-0.05, 0) is 32.4 Å². The van der Waals surface area contributed by atoms with Gasteiger partial charge < -0.3 is 9.67 Å². The highest BCUT2D eigenvalue weighted by Crippen LogP contribution is 2.28. The number of rotatable bonds is 4. The Morgan fingerprint density at radius 2 is 2.24 bits per heavy atom. The predicted molar refractivity (Wildman–Crippen MR) is 70.4 cm³/mol. The van der Waals surface area contributed by atoms with E-state index in [1.807, 2.05) is 6.20 Å². The van der Waals surface area contributed by atoms with Gasteiger partial charge in [0.25, 0.3) is 0 Å². The van der Waals surface area contributed by atoms with E-state index in [1.165, 1.54) is 10.4 Å². The Balaban J connectivity index is 2.14. The van der Waals surface area contributed by atoms with Gasteiger partial charge in [-0.1, -0.05) is 0 Å². The summed E-state index contributed by atoms with van der Waals surface area (Å²) in [6.45, 7) is 7.14. The molecule has 92 valence electrons. The van der Waals surface area contributed by atoms with Crippen molar-refractivity contribution in [2.75, 3.05) is 0 Å². The van der Waals surface area contributed by atoms with Gasteiger partial charge in [-0.2, -0.15) is 0 Å². The molecule has 0 saturated heterocycles. The number of aliphatic hydroxyl groups is 1. The Morgan fingerprint density at radius 1 is 1.47 bits per heavy atom. The van der Waals surface area contributed by atoms with Crippen LogP contribution in [0.15, 0.2) is 18.5 Å². The zero-order valence-electron chi connectivity index (χ0n) is 10.5. The molecule has 0 fully saturated rings. The number of imidazole rings is 1. The lowest BCUT2D eigenvalue weighted by Gasteiger charge is -2.09. The highest BCUT2D eigenvalue weighted by Gasteiger charge is 2.14. The van der Waals surface area contributed by atoms with Crippen LogP contribution in [0.3, 0.4) is 0 Å². The van der Waals surface area contributed by atoms with Crippen LogP contribution in [0.4, 0.5) is 0 Å². The molecular weight excluding hydrogens is 232 g/mol. The lowest BCUT2D eigenvalue weighted by Crippen LogP contribution is -2.07. The maximum atomic E-state index is 10.2. The fraction of sp³-hybridized carbons (Fsp3) is 0.462. The molecule has 1 unspecified atom stereocenters. The van der Waals surface area contributed by atoms with Crippen LogP contribution in [0.2, 0.25) is 0 Å². The number of hydrogen-bond donors (Lipinski definition) is 1. The monoisotopic (exact) mass is 250 g/mol. The molecule has 4 heteroatoms. The van der Waals surface area contributed by atoms with E-state index in [-0.39, 0.29) is 0 Å². The van der Waals surface area contributed by atoms with Gasteiger partial charge in [0.05, 0.1) is 6.10 Å². The molecule has 0 radical (unpaired) electrons. The Hall–Kier alpha value is -1.13. The summed E-state index contributed by atoms with van der Waals surface area (Å²) in [5, 5.41) is 10.2. The number of aliphatic hydroxyl groups excluding tert-OH is 1. The van der Waals surface area contributed by atoms with Gasteiger partial charge in [-0.3, -0.25) is 0 Å². The highest BCUT2D eigenvalue weighted by molar-refractivity contribution is 7.12. The lowest BCUT2D eigenvalue weighted by molar-refractivity contribution is 0.178. The van der Waals surface area contributed by atoms with Crippen LogP contribution in [-0.4, -0.2) is 14.7 Å². The topological polar surface area (TPSA) is 38.0 Å². The fourth-order valence-electron chi connectivity index (χ4n) is 1.86. The molecule has 0 aliphatic heterocycles. The smallest absolute Gasteiger partial charge is 0.111 e. The second-order valence-electron chi connectivity index (χ2n) is 4.24. The number of aryl methyl sites for hydroxylation is 3. The van der Waals surface area contributed by atoms with Gasteiger partial charge in [0, 0.05) is 35.1 Å². The second kappa shape index (κ2) is 5.02. The maximum Gasteiger partial charge on any atom is 0.111 e. The Bertz CT molecular complexity index is 482. The van der Waals surface area contributed by atoms with Gasteiger partial charge in [-0.25, -0.2) is 4.98 Å². The van der Waals surface area contributed by atoms with Crippen LogP contribution in [0.1, 0.15) is 34.2 Å². The molecule has 17 heavy (non-hydrogen) atoms. The van der Waals surface area contributed by atoms with E-state index in [0.29, 0.717) is 6.42 Å². The summed E-state index contributed by atoms with van der Waals surface area (Å²) in [6, 6.07) is 2.07. The molecule has 2 rings (SSSR count). The molecule has 2 aromatic heterocycles. The molecule has 0 saturated carbocycles. The van der Waals surface area contributed by atoms with Crippen LogP contribution >= 0.6 is 11.3 Å². The van der Waals surface area contributed by atoms with Crippen molar-refractivity contribution in [1.29, 1.82) is 0 Å². The van der Waals surface area contributed by atoms with Crippen LogP contribution < -0.4 is 0 Å². The van der Waals surface area contributed by atoms with Gasteiger partial charge in [0.2, 0.25) is 0 Å². The molecule has 0 aromatic carbocycles. The van der Waals surface area contributed by atoms with Crippen LogP contribution in [0.5, 0.6) is 0 Å². The molecule has 3 nitrogen and oxygen atoms in total. The van der Waals surface area contributed by atoms with Crippen molar-refractivity contribution in [2.45, 2.75) is 39.8 Å². The molecule has 2 aromatic rings. The first-order chi connectivity index (χ1) is 8.11. The third-order valence-corrected chi connectivity index (χ3v) is 4.29. The zero-order valence-corrected chi connectivity index (χ0v) is 11.3. The molecule has 0 spiro atoms. The molecule has 0 aliphatic carbocycles. The van der Waals surface area contributed by atoms with Crippen LogP contribution in [-0.2, 0) is 13.0 Å². The standard InChI is InChI=1S/C13H18N2OS/c1-4-15-6-5-14-13(15)8-11(16)12-7-9(2)10(3)17-12/h5-7,11,16H,4,8H2,1-3H3. The van der Waals surface area contributed by atoms with Crippen molar-refractivity contribution in [3.63, 3.8) is 0 Å². The Morgan fingerprint density at radius 3 is 2.82 bits per heavy atom. The van der Waals surface area contributed by atoms with Crippen molar-refractivity contribution >= 4 is 11.3 Å². The third kappa shape index (κ3) is 2.58. The van der Waals surface area contributed by atoms with Gasteiger partial charge in [-0.15, -0.1) is 11.3 Å². The SMILES string of the molecule is CCn1ccnc1CC(O)c1cc(C)c(C)s1. The molecule has 2 heterocycles. The number of thiophene rings is 1. The minimum Gasteiger partial charge on any atom is -0.387 e. The largest absolute Gasteiger partial charge is 0.387 e. The van der Waals surface area contributed by atoms with E-state index >= 15 is 0 Å². The highest BCUT2D eigenvalue weighted by atomic mass is 32.1. The van der Waals surface area contributed by atoms with Crippen LogP contribution in [0, 0.1) is 13.8 Å². The summed E-state index contributed by atoms with van der Waals surface area (Å²) in [6.07, 6.45) is 3.88. The van der Waals surface area contributed by atoms with E-state index in [4.69, 9.17) is 0 Å². The summed E-state index contributed by atoms with van der Waals surface area (Å²) in [5.74, 6) is 0.948. The zero-order chi connectivity index (χ0) is 12.4. The minimum atomic E-state index is -0.444. The Labute approximate surface area is 106 Å². The molecule has 0 amide bonds. The van der Waals surface area contributed by atoms with Gasteiger partial charge in [0.1, 0.15) is 5.82 Å². The number of hydrogen-bond acceptors (Lipinski definition) is 3. The van der Waals surface area contributed by atoms with E-state index < -0.39 is 6.10 Å². The fourth-order valence-corrected chi connectivity index (χ4v) is 2.89. The van der Waals surface area contributed by atoms with E-state index in [9.17, 15) is 5.11 Å². The normalized spacial score (nSPS) is 12.9. The molecular formula is C13H18N2OS. The summed E-state index contributed by atoms with van der Waals surface area (Å²) in [4.78, 5) is 6.60.